The van der Waals surface area contributed by atoms with Gasteiger partial charge in [0.25, 0.3) is 0 Å². The SMILES string of the molecule is CC(=O)N[C@@H](CS)C(=O)N[C@@H](C)C(=O)N[C@@H](CC(=O)O)C(=O)N[C@@H](Cc1c[nH]c2ccccc12)C(=O)N[C@H](C(=O)N[C@@H](CS)C(=O)N[C@@H](Cc1ccc(O)cc1)C(=O)N[C@@H](Cc1cccc2ccccc12)C(=O)N[C@@H](Cc1cnc[nH]1)C(=O)N[C@H](C)C(=O)N[C@@H](Cc1ccccc1)C(=O)NCC(N)=O)C(C)C. The Morgan fingerprint density at radius 1 is 0.449 bits per heavy atom. The van der Waals surface area contributed by atoms with E-state index in [0.717, 1.165) is 5.39 Å². The van der Waals surface area contributed by atoms with Gasteiger partial charge in [-0.2, -0.15) is 25.3 Å². The number of nitrogens with one attached hydrogen (secondary N) is 14. The Morgan fingerprint density at radius 2 is 0.907 bits per heavy atom. The molecule has 5 aromatic carbocycles. The number of H-pyrrole nitrogens is 2. The highest BCUT2D eigenvalue weighted by Gasteiger charge is 2.38. The van der Waals surface area contributed by atoms with Gasteiger partial charge in [-0.3, -0.25) is 67.1 Å². The predicted octanol–water partition coefficient (Wildman–Crippen LogP) is -0.753. The molecule has 2 aromatic heterocycles. The van der Waals surface area contributed by atoms with E-state index >= 15 is 9.59 Å². The number of aliphatic carboxylic acids is 1. The maximum atomic E-state index is 15.2. The summed E-state index contributed by atoms with van der Waals surface area (Å²) in [7, 11) is 0. The zero-order valence-electron chi connectivity index (χ0n) is 59.1. The third kappa shape index (κ3) is 24.9. The number of benzene rings is 5. The van der Waals surface area contributed by atoms with Gasteiger partial charge in [-0.25, -0.2) is 4.98 Å². The average molecular weight is 1510 g/mol. The van der Waals surface area contributed by atoms with Crippen LogP contribution in [0.25, 0.3) is 21.7 Å². The van der Waals surface area contributed by atoms with E-state index in [1.165, 1.54) is 57.6 Å². The largest absolute Gasteiger partial charge is 0.508 e. The highest BCUT2D eigenvalue weighted by Crippen LogP contribution is 2.23. The number of aromatic hydroxyl groups is 1. The highest BCUT2D eigenvalue weighted by atomic mass is 32.1. The van der Waals surface area contributed by atoms with E-state index in [0.29, 0.717) is 44.2 Å². The van der Waals surface area contributed by atoms with Crippen LogP contribution in [0.15, 0.2) is 140 Å². The van der Waals surface area contributed by atoms with Gasteiger partial charge in [0.15, 0.2) is 0 Å². The van der Waals surface area contributed by atoms with Crippen molar-refractivity contribution in [1.29, 1.82) is 0 Å². The van der Waals surface area contributed by atoms with Gasteiger partial charge in [-0.15, -0.1) is 0 Å². The zero-order chi connectivity index (χ0) is 78.0. The molecule has 0 aliphatic rings. The van der Waals surface area contributed by atoms with Crippen molar-refractivity contribution in [2.75, 3.05) is 18.1 Å². The van der Waals surface area contributed by atoms with E-state index in [9.17, 15) is 67.7 Å². The number of carbonyl (C=O) groups is 14. The molecular formula is C73H88N16O16S2. The molecule has 568 valence electrons. The maximum absolute atomic E-state index is 15.2. The monoisotopic (exact) mass is 1510 g/mol. The van der Waals surface area contributed by atoms with Crippen LogP contribution in [0.1, 0.15) is 69.0 Å². The van der Waals surface area contributed by atoms with Crippen LogP contribution in [0.2, 0.25) is 0 Å². The first-order valence-electron chi connectivity index (χ1n) is 34.1. The van der Waals surface area contributed by atoms with Gasteiger partial charge >= 0.3 is 5.97 Å². The summed E-state index contributed by atoms with van der Waals surface area (Å²) < 4.78 is 0. The van der Waals surface area contributed by atoms with Crippen molar-refractivity contribution in [1.82, 2.24) is 78.8 Å². The number of amides is 13. The molecule has 7 aromatic rings. The second-order valence-electron chi connectivity index (χ2n) is 25.8. The van der Waals surface area contributed by atoms with Crippen molar-refractivity contribution in [3.05, 3.63) is 168 Å². The normalized spacial score (nSPS) is 14.2. The van der Waals surface area contributed by atoms with E-state index in [1.54, 1.807) is 98.9 Å². The number of nitrogens with zero attached hydrogens (tertiary/aromatic N) is 1. The molecule has 0 aliphatic carbocycles. The van der Waals surface area contributed by atoms with E-state index in [1.807, 2.05) is 18.2 Å². The first-order chi connectivity index (χ1) is 51.0. The van der Waals surface area contributed by atoms with Crippen molar-refractivity contribution in [2.24, 2.45) is 11.7 Å². The Balaban J connectivity index is 1.13. The molecule has 34 heteroatoms. The summed E-state index contributed by atoms with van der Waals surface area (Å²) in [6.45, 7) is 6.38. The standard InChI is InChI=1S/C73H88N16O16S2/c1-38(2)62(89-70(102)55(29-46-32-76-51-21-12-11-20-50(46)51)86-69(101)57(31-61(93)94)83-64(96)40(4)80-71(103)58(35-106)81-41(5)90)73(105)88-59(36-107)72(104)84-53(27-43-22-24-48(91)25-23-43)67(99)85-54(28-45-18-13-17-44-16-9-10-19-49(44)45)68(100)87-56(30-47-33-75-37-78-47)66(98)79-39(3)63(95)82-52(65(97)77-34-60(74)92)26-42-14-7-6-8-15-42/h6-25,32-33,37-40,52-59,62,76,91,106-107H,26-31,34-36H2,1-5H3,(H2,74,92)(H,75,78)(H,77,97)(H,79,98)(H,80,103)(H,81,90)(H,82,95)(H,83,96)(H,84,104)(H,85,99)(H,86,101)(H,87,100)(H,88,105)(H,89,102)(H,93,94)/t39-,40+,52+,53+,54+,55+,56+,57+,58+,59+,62+/m1/s1. The second-order valence-corrected chi connectivity index (χ2v) is 26.5. The summed E-state index contributed by atoms with van der Waals surface area (Å²) in [5, 5.41) is 53.0. The van der Waals surface area contributed by atoms with Crippen LogP contribution in [-0.2, 0) is 99.2 Å². The van der Waals surface area contributed by atoms with Gasteiger partial charge in [-0.1, -0.05) is 117 Å². The predicted molar refractivity (Wildman–Crippen MR) is 399 cm³/mol. The summed E-state index contributed by atoms with van der Waals surface area (Å²) in [6, 6.07) is 17.5. The van der Waals surface area contributed by atoms with Gasteiger partial charge in [0.1, 0.15) is 72.2 Å². The molecule has 32 nitrogen and oxygen atoms in total. The van der Waals surface area contributed by atoms with Crippen molar-refractivity contribution in [3.63, 3.8) is 0 Å². The Hall–Kier alpha value is -11.8. The van der Waals surface area contributed by atoms with Crippen LogP contribution < -0.4 is 69.5 Å². The molecule has 0 saturated carbocycles. The third-order valence-electron chi connectivity index (χ3n) is 17.1. The second kappa shape index (κ2) is 39.9. The van der Waals surface area contributed by atoms with Crippen molar-refractivity contribution in [3.8, 4) is 5.75 Å². The summed E-state index contributed by atoms with van der Waals surface area (Å²) in [6.07, 6.45) is 2.27. The molecule has 13 amide bonds. The number of phenolic OH excluding ortho intramolecular Hbond substituents is 1. The van der Waals surface area contributed by atoms with Gasteiger partial charge < -0.3 is 89.7 Å². The van der Waals surface area contributed by atoms with Crippen LogP contribution in [0.4, 0.5) is 0 Å². The summed E-state index contributed by atoms with van der Waals surface area (Å²) >= 11 is 8.49. The number of para-hydroxylation sites is 1. The lowest BCUT2D eigenvalue weighted by atomic mass is 9.97. The average Bonchev–Trinajstić information content (AvgIpc) is 1.80. The Kier molecular flexibility index (Phi) is 30.8. The van der Waals surface area contributed by atoms with Gasteiger partial charge in [0, 0.05) is 79.5 Å². The summed E-state index contributed by atoms with van der Waals surface area (Å²) in [4.78, 5) is 202. The molecule has 0 unspecified atom stereocenters. The van der Waals surface area contributed by atoms with Gasteiger partial charge in [-0.05, 0) is 71.0 Å². The summed E-state index contributed by atoms with van der Waals surface area (Å²) in [5.74, 6) is -14.6. The number of hydrogen-bond donors (Lipinski definition) is 19. The van der Waals surface area contributed by atoms with Crippen LogP contribution in [0.3, 0.4) is 0 Å². The van der Waals surface area contributed by atoms with Crippen LogP contribution in [0, 0.1) is 5.92 Å². The zero-order valence-corrected chi connectivity index (χ0v) is 60.9. The molecule has 0 saturated heterocycles. The molecule has 0 spiro atoms. The van der Waals surface area contributed by atoms with E-state index in [2.05, 4.69) is 104 Å². The maximum Gasteiger partial charge on any atom is 0.305 e. The highest BCUT2D eigenvalue weighted by molar-refractivity contribution is 7.80. The van der Waals surface area contributed by atoms with Crippen molar-refractivity contribution < 1.29 is 77.3 Å². The number of carbonyl (C=O) groups excluding carboxylic acids is 13. The molecule has 18 N–H and O–H groups in total. The minimum Gasteiger partial charge on any atom is -0.508 e. The molecule has 107 heavy (non-hydrogen) atoms. The number of fused-ring (bicyclic) bond motifs is 2. The fraction of sp³-hybridized carbons (Fsp3) is 0.356. The van der Waals surface area contributed by atoms with Crippen molar-refractivity contribution >= 4 is 130 Å². The Bertz CT molecular complexity index is 4330. The first kappa shape index (κ1) is 82.5. The minimum atomic E-state index is -1.85. The smallest absolute Gasteiger partial charge is 0.305 e. The number of thiol groups is 2. The van der Waals surface area contributed by atoms with Crippen LogP contribution in [-0.4, -0.2) is 192 Å². The van der Waals surface area contributed by atoms with Crippen LogP contribution in [0.5, 0.6) is 5.75 Å². The number of aromatic nitrogens is 3. The molecular weight excluding hydrogens is 1420 g/mol. The number of primary amides is 1. The lowest BCUT2D eigenvalue weighted by molar-refractivity contribution is -0.141. The minimum absolute atomic E-state index is 0.0162. The first-order valence-corrected chi connectivity index (χ1v) is 35.4. The van der Waals surface area contributed by atoms with Gasteiger partial charge in [0.05, 0.1) is 19.3 Å². The fourth-order valence-electron chi connectivity index (χ4n) is 11.4. The fourth-order valence-corrected chi connectivity index (χ4v) is 11.9. The van der Waals surface area contributed by atoms with E-state index in [4.69, 9.17) is 5.73 Å². The number of nitrogens with two attached hydrogens (primary N) is 1. The number of carboxylic acid groups (broad SMARTS) is 1. The van der Waals surface area contributed by atoms with E-state index in [-0.39, 0.29) is 43.6 Å². The van der Waals surface area contributed by atoms with Crippen LogP contribution >= 0.6 is 25.3 Å². The number of aromatic amines is 2. The molecule has 0 radical (unpaired) electrons. The van der Waals surface area contributed by atoms with Gasteiger partial charge in [0.2, 0.25) is 76.8 Å². The quantitative estimate of drug-likeness (QED) is 0.0211. The number of hydrogen-bond acceptors (Lipinski definition) is 18. The number of imidazole rings is 1. The topological polar surface area (TPSA) is 494 Å². The molecule has 0 fully saturated rings. The number of carboxylic acids is 1. The molecule has 11 atom stereocenters. The molecule has 7 rings (SSSR count). The summed E-state index contributed by atoms with van der Waals surface area (Å²) in [5.41, 5.74) is 8.38. The number of phenols is 1. The lowest BCUT2D eigenvalue weighted by Crippen LogP contribution is -2.62. The third-order valence-corrected chi connectivity index (χ3v) is 17.8. The van der Waals surface area contributed by atoms with E-state index < -0.39 is 174 Å². The molecule has 0 bridgehead atoms. The lowest BCUT2D eigenvalue weighted by Gasteiger charge is -2.29. The van der Waals surface area contributed by atoms with Crippen molar-refractivity contribution in [2.45, 2.75) is 140 Å². The number of rotatable bonds is 39. The molecule has 0 aliphatic heterocycles. The Labute approximate surface area is 625 Å². The Morgan fingerprint density at radius 3 is 1.48 bits per heavy atom. The molecule has 2 heterocycles.